The lowest BCUT2D eigenvalue weighted by Gasteiger charge is -2.18. The summed E-state index contributed by atoms with van der Waals surface area (Å²) in [6, 6.07) is 4.68. The van der Waals surface area contributed by atoms with Crippen LogP contribution in [0.4, 0.5) is 5.69 Å². The minimum Gasteiger partial charge on any atom is -0.482 e. The molecular weight excluding hydrogens is 252 g/mol. The second-order valence-corrected chi connectivity index (χ2v) is 3.97. The Balaban J connectivity index is 2.04. The molecule has 0 radical (unpaired) electrons. The van der Waals surface area contributed by atoms with Crippen LogP contribution in [-0.4, -0.2) is 42.5 Å². The lowest BCUT2D eigenvalue weighted by Crippen LogP contribution is -2.29. The van der Waals surface area contributed by atoms with Crippen LogP contribution in [0.25, 0.3) is 0 Å². The summed E-state index contributed by atoms with van der Waals surface area (Å²) in [5.41, 5.74) is 0.822. The monoisotopic (exact) mass is 264 g/mol. The van der Waals surface area contributed by atoms with E-state index < -0.39 is 5.97 Å². The zero-order chi connectivity index (χ0) is 13.8. The SMILES string of the molecule is O=C(O)CNCC(=O)c1ccc2c(c1)NC(=O)CO2. The maximum absolute atomic E-state index is 11.8. The first kappa shape index (κ1) is 13.0. The van der Waals surface area contributed by atoms with Crippen LogP contribution in [0.2, 0.25) is 0 Å². The van der Waals surface area contributed by atoms with Crippen molar-refractivity contribution in [2.45, 2.75) is 0 Å². The number of carbonyl (C=O) groups is 3. The molecule has 3 N–H and O–H groups in total. The topological polar surface area (TPSA) is 105 Å². The van der Waals surface area contributed by atoms with Gasteiger partial charge in [-0.25, -0.2) is 0 Å². The molecule has 1 aliphatic heterocycles. The highest BCUT2D eigenvalue weighted by Crippen LogP contribution is 2.28. The Morgan fingerprint density at radius 2 is 2.16 bits per heavy atom. The van der Waals surface area contributed by atoms with Gasteiger partial charge in [-0.3, -0.25) is 19.7 Å². The molecule has 0 unspecified atom stereocenters. The predicted octanol–water partition coefficient (Wildman–Crippen LogP) is -0.126. The minimum absolute atomic E-state index is 0.0412. The quantitative estimate of drug-likeness (QED) is 0.640. The number of carboxylic acids is 1. The molecule has 1 heterocycles. The average Bonchev–Trinajstić information content (AvgIpc) is 2.37. The van der Waals surface area contributed by atoms with E-state index in [4.69, 9.17) is 9.84 Å². The van der Waals surface area contributed by atoms with Crippen LogP contribution in [0.1, 0.15) is 10.4 Å². The van der Waals surface area contributed by atoms with Crippen molar-refractivity contribution in [2.24, 2.45) is 0 Å². The number of carboxylic acid groups (broad SMARTS) is 1. The molecule has 0 saturated heterocycles. The van der Waals surface area contributed by atoms with Crippen LogP contribution in [0.5, 0.6) is 5.75 Å². The smallest absolute Gasteiger partial charge is 0.317 e. The van der Waals surface area contributed by atoms with E-state index in [-0.39, 0.29) is 31.4 Å². The number of anilines is 1. The van der Waals surface area contributed by atoms with Crippen molar-refractivity contribution < 1.29 is 24.2 Å². The summed E-state index contributed by atoms with van der Waals surface area (Å²) in [7, 11) is 0. The molecule has 0 aromatic heterocycles. The van der Waals surface area contributed by atoms with Crippen molar-refractivity contribution >= 4 is 23.3 Å². The fourth-order valence-corrected chi connectivity index (χ4v) is 1.64. The summed E-state index contributed by atoms with van der Waals surface area (Å²) in [5, 5.41) is 13.5. The van der Waals surface area contributed by atoms with Gasteiger partial charge >= 0.3 is 5.97 Å². The van der Waals surface area contributed by atoms with Gasteiger partial charge in [0.05, 0.1) is 18.8 Å². The van der Waals surface area contributed by atoms with Crippen molar-refractivity contribution in [1.82, 2.24) is 5.32 Å². The molecule has 0 aliphatic carbocycles. The number of ether oxygens (including phenoxy) is 1. The third-order valence-electron chi connectivity index (χ3n) is 2.50. The van der Waals surface area contributed by atoms with Gasteiger partial charge in [0.15, 0.2) is 12.4 Å². The molecule has 0 spiro atoms. The van der Waals surface area contributed by atoms with Crippen LogP contribution in [0.15, 0.2) is 18.2 Å². The van der Waals surface area contributed by atoms with Crippen LogP contribution in [-0.2, 0) is 9.59 Å². The molecule has 0 saturated carbocycles. The van der Waals surface area contributed by atoms with Gasteiger partial charge in [0, 0.05) is 5.56 Å². The second-order valence-electron chi connectivity index (χ2n) is 3.97. The molecule has 1 aliphatic rings. The van der Waals surface area contributed by atoms with E-state index in [1.165, 1.54) is 6.07 Å². The van der Waals surface area contributed by atoms with Gasteiger partial charge in [-0.05, 0) is 18.2 Å². The molecule has 0 atom stereocenters. The molecule has 2 rings (SSSR count). The summed E-state index contributed by atoms with van der Waals surface area (Å²) < 4.78 is 5.17. The summed E-state index contributed by atoms with van der Waals surface area (Å²) >= 11 is 0. The van der Waals surface area contributed by atoms with Gasteiger partial charge in [0.25, 0.3) is 5.91 Å². The minimum atomic E-state index is -1.03. The molecule has 1 amide bonds. The van der Waals surface area contributed by atoms with Crippen molar-refractivity contribution in [3.05, 3.63) is 23.8 Å². The number of rotatable bonds is 5. The maximum Gasteiger partial charge on any atom is 0.317 e. The molecule has 7 nitrogen and oxygen atoms in total. The molecule has 7 heteroatoms. The molecule has 0 fully saturated rings. The van der Waals surface area contributed by atoms with Gasteiger partial charge in [0.2, 0.25) is 0 Å². The Labute approximate surface area is 108 Å². The molecule has 1 aromatic rings. The molecule has 0 bridgehead atoms. The highest BCUT2D eigenvalue weighted by atomic mass is 16.5. The fraction of sp³-hybridized carbons (Fsp3) is 0.250. The maximum atomic E-state index is 11.8. The van der Waals surface area contributed by atoms with Crippen LogP contribution >= 0.6 is 0 Å². The zero-order valence-corrected chi connectivity index (χ0v) is 9.93. The Hall–Kier alpha value is -2.41. The number of nitrogens with one attached hydrogen (secondary N) is 2. The second kappa shape index (κ2) is 5.49. The number of aliphatic carboxylic acids is 1. The van der Waals surface area contributed by atoms with E-state index in [0.717, 1.165) is 0 Å². The van der Waals surface area contributed by atoms with Crippen molar-refractivity contribution in [2.75, 3.05) is 25.0 Å². The van der Waals surface area contributed by atoms with E-state index >= 15 is 0 Å². The molecular formula is C12H12N2O5. The van der Waals surface area contributed by atoms with Crippen molar-refractivity contribution in [3.63, 3.8) is 0 Å². The normalized spacial score (nSPS) is 13.2. The highest BCUT2D eigenvalue weighted by Gasteiger charge is 2.17. The van der Waals surface area contributed by atoms with Crippen LogP contribution in [0, 0.1) is 0 Å². The van der Waals surface area contributed by atoms with E-state index in [2.05, 4.69) is 10.6 Å². The van der Waals surface area contributed by atoms with Crippen LogP contribution in [0.3, 0.4) is 0 Å². The fourth-order valence-electron chi connectivity index (χ4n) is 1.64. The zero-order valence-electron chi connectivity index (χ0n) is 9.93. The Morgan fingerprint density at radius 3 is 2.89 bits per heavy atom. The molecule has 100 valence electrons. The number of hydrogen-bond donors (Lipinski definition) is 3. The van der Waals surface area contributed by atoms with E-state index in [0.29, 0.717) is 17.0 Å². The van der Waals surface area contributed by atoms with E-state index in [1.807, 2.05) is 0 Å². The van der Waals surface area contributed by atoms with Gasteiger partial charge in [0.1, 0.15) is 5.75 Å². The Bertz CT molecular complexity index is 541. The molecule has 1 aromatic carbocycles. The van der Waals surface area contributed by atoms with Crippen molar-refractivity contribution in [1.29, 1.82) is 0 Å². The standard InChI is InChI=1S/C12H12N2O5/c15-9(4-13-5-12(17)18)7-1-2-10-8(3-7)14-11(16)6-19-10/h1-3,13H,4-6H2,(H,14,16)(H,17,18). The van der Waals surface area contributed by atoms with E-state index in [9.17, 15) is 14.4 Å². The van der Waals surface area contributed by atoms with Gasteiger partial charge in [-0.1, -0.05) is 0 Å². The summed E-state index contributed by atoms with van der Waals surface area (Å²) in [5.74, 6) is -1.06. The summed E-state index contributed by atoms with van der Waals surface area (Å²) in [6.07, 6.45) is 0. The van der Waals surface area contributed by atoms with Gasteiger partial charge in [-0.15, -0.1) is 0 Å². The van der Waals surface area contributed by atoms with Crippen LogP contribution < -0.4 is 15.4 Å². The van der Waals surface area contributed by atoms with Gasteiger partial charge in [-0.2, -0.15) is 0 Å². The number of benzene rings is 1. The Morgan fingerprint density at radius 1 is 1.37 bits per heavy atom. The lowest BCUT2D eigenvalue weighted by molar-refractivity contribution is -0.135. The predicted molar refractivity (Wildman–Crippen MR) is 65.4 cm³/mol. The summed E-state index contributed by atoms with van der Waals surface area (Å²) in [6.45, 7) is -0.406. The number of amides is 1. The highest BCUT2D eigenvalue weighted by molar-refractivity contribution is 6.01. The molecule has 19 heavy (non-hydrogen) atoms. The third kappa shape index (κ3) is 3.29. The van der Waals surface area contributed by atoms with E-state index in [1.54, 1.807) is 12.1 Å². The first-order valence-corrected chi connectivity index (χ1v) is 5.58. The largest absolute Gasteiger partial charge is 0.482 e. The average molecular weight is 264 g/mol. The third-order valence-corrected chi connectivity index (χ3v) is 2.50. The number of hydrogen-bond acceptors (Lipinski definition) is 5. The first-order valence-electron chi connectivity index (χ1n) is 5.58. The summed E-state index contributed by atoms with van der Waals surface area (Å²) in [4.78, 5) is 33.2. The number of ketones is 1. The number of fused-ring (bicyclic) bond motifs is 1. The number of Topliss-reactive ketones (excluding diaryl/α,β-unsaturated/α-hetero) is 1. The van der Waals surface area contributed by atoms with Gasteiger partial charge < -0.3 is 15.2 Å². The lowest BCUT2D eigenvalue weighted by atomic mass is 10.1. The van der Waals surface area contributed by atoms with Crippen molar-refractivity contribution in [3.8, 4) is 5.75 Å². The number of carbonyl (C=O) groups excluding carboxylic acids is 2. The first-order chi connectivity index (χ1) is 9.06. The Kier molecular flexibility index (Phi) is 3.76.